The van der Waals surface area contributed by atoms with Gasteiger partial charge in [0.2, 0.25) is 0 Å². The molecule has 0 saturated heterocycles. The van der Waals surface area contributed by atoms with Crippen LogP contribution in [0, 0.1) is 0 Å². The van der Waals surface area contributed by atoms with E-state index >= 15 is 0 Å². The summed E-state index contributed by atoms with van der Waals surface area (Å²) < 4.78 is 12.1. The molecule has 0 fully saturated rings. The van der Waals surface area contributed by atoms with Crippen molar-refractivity contribution in [3.05, 3.63) is 88.4 Å². The Kier molecular flexibility index (Phi) is 3.83. The number of hydrogen-bond donors (Lipinski definition) is 1. The molecule has 6 nitrogen and oxygen atoms in total. The third kappa shape index (κ3) is 2.45. The third-order valence-corrected chi connectivity index (χ3v) is 6.32. The van der Waals surface area contributed by atoms with E-state index in [2.05, 4.69) is 5.32 Å². The number of nitrogens with zero attached hydrogens (tertiary/aromatic N) is 2. The highest BCUT2D eigenvalue weighted by molar-refractivity contribution is 6.31. The quantitative estimate of drug-likeness (QED) is 0.639. The molecule has 3 heterocycles. The van der Waals surface area contributed by atoms with Gasteiger partial charge in [0, 0.05) is 17.0 Å². The number of para-hydroxylation sites is 1. The molecule has 31 heavy (non-hydrogen) atoms. The van der Waals surface area contributed by atoms with Crippen LogP contribution in [0.4, 0.5) is 5.69 Å². The van der Waals surface area contributed by atoms with Crippen LogP contribution in [-0.2, 0) is 10.5 Å². The molecule has 2 atom stereocenters. The van der Waals surface area contributed by atoms with Crippen LogP contribution in [0.15, 0.2) is 71.8 Å². The topological polar surface area (TPSA) is 63.2 Å². The number of carbonyl (C=O) groups is 1. The summed E-state index contributed by atoms with van der Waals surface area (Å²) in [6.45, 7) is 0. The Balaban J connectivity index is 1.61. The van der Waals surface area contributed by atoms with Crippen LogP contribution in [0.3, 0.4) is 0 Å². The summed E-state index contributed by atoms with van der Waals surface area (Å²) in [7, 11) is 1.60. The van der Waals surface area contributed by atoms with Crippen molar-refractivity contribution in [2.24, 2.45) is 5.10 Å². The largest absolute Gasteiger partial charge is 0.493 e. The first kappa shape index (κ1) is 18.3. The zero-order chi connectivity index (χ0) is 21.2. The molecule has 1 N–H and O–H groups in total. The van der Waals surface area contributed by atoms with Gasteiger partial charge in [-0.2, -0.15) is 5.10 Å². The van der Waals surface area contributed by atoms with E-state index in [0.717, 1.165) is 16.8 Å². The molecule has 0 radical (unpaired) electrons. The van der Waals surface area contributed by atoms with Gasteiger partial charge in [0.05, 0.1) is 30.1 Å². The van der Waals surface area contributed by atoms with Gasteiger partial charge < -0.3 is 14.8 Å². The van der Waals surface area contributed by atoms with Crippen molar-refractivity contribution in [2.45, 2.75) is 18.2 Å². The Morgan fingerprint density at radius 1 is 1.16 bits per heavy atom. The zero-order valence-electron chi connectivity index (χ0n) is 16.6. The molecule has 0 aliphatic carbocycles. The molecule has 0 unspecified atom stereocenters. The lowest BCUT2D eigenvalue weighted by atomic mass is 9.92. The lowest BCUT2D eigenvalue weighted by Crippen LogP contribution is -2.55. The van der Waals surface area contributed by atoms with Gasteiger partial charge in [0.25, 0.3) is 5.91 Å². The smallest absolute Gasteiger partial charge is 0.306 e. The Morgan fingerprint density at radius 3 is 2.81 bits per heavy atom. The van der Waals surface area contributed by atoms with E-state index in [-0.39, 0.29) is 11.9 Å². The van der Waals surface area contributed by atoms with Gasteiger partial charge >= 0.3 is 5.72 Å². The molecule has 3 aromatic rings. The van der Waals surface area contributed by atoms with Crippen LogP contribution in [0.25, 0.3) is 0 Å². The molecule has 1 amide bonds. The van der Waals surface area contributed by atoms with Crippen molar-refractivity contribution in [3.8, 4) is 11.5 Å². The Bertz CT molecular complexity index is 1260. The maximum Gasteiger partial charge on any atom is 0.306 e. The van der Waals surface area contributed by atoms with Gasteiger partial charge in [-0.1, -0.05) is 54.1 Å². The van der Waals surface area contributed by atoms with Gasteiger partial charge in [0.15, 0.2) is 11.5 Å². The number of anilines is 1. The number of amides is 1. The van der Waals surface area contributed by atoms with E-state index in [4.69, 9.17) is 26.2 Å². The van der Waals surface area contributed by atoms with Crippen molar-refractivity contribution in [1.29, 1.82) is 0 Å². The summed E-state index contributed by atoms with van der Waals surface area (Å²) >= 11 is 6.33. The van der Waals surface area contributed by atoms with Gasteiger partial charge in [-0.15, -0.1) is 0 Å². The highest BCUT2D eigenvalue weighted by Gasteiger charge is 2.61. The van der Waals surface area contributed by atoms with Gasteiger partial charge in [-0.05, 0) is 29.8 Å². The summed E-state index contributed by atoms with van der Waals surface area (Å²) in [5.41, 5.74) is 2.68. The van der Waals surface area contributed by atoms with E-state index in [1.54, 1.807) is 30.3 Å². The predicted octanol–water partition coefficient (Wildman–Crippen LogP) is 4.70. The Labute approximate surface area is 184 Å². The van der Waals surface area contributed by atoms with Gasteiger partial charge in [-0.3, -0.25) is 4.79 Å². The van der Waals surface area contributed by atoms with Crippen LogP contribution in [0.5, 0.6) is 11.5 Å². The molecule has 3 aromatic carbocycles. The maximum absolute atomic E-state index is 13.5. The standard InChI is InChI=1S/C24H18ClN3O3/c1-30-21-9-5-8-16-20-13-19(14-6-3-2-4-7-14)27-28(20)24(31-22(16)21)17-12-15(25)10-11-18(17)26-23(24)29/h2-12,20H,13H2,1H3,(H,26,29)/t20-,24+/m1/s1. The van der Waals surface area contributed by atoms with E-state index in [9.17, 15) is 4.79 Å². The number of fused-ring (bicyclic) bond motifs is 6. The van der Waals surface area contributed by atoms with Crippen LogP contribution in [-0.4, -0.2) is 23.7 Å². The van der Waals surface area contributed by atoms with Gasteiger partial charge in [0.1, 0.15) is 0 Å². The number of benzene rings is 3. The molecule has 0 saturated carbocycles. The predicted molar refractivity (Wildman–Crippen MR) is 118 cm³/mol. The number of nitrogens with one attached hydrogen (secondary N) is 1. The number of rotatable bonds is 2. The van der Waals surface area contributed by atoms with Crippen molar-refractivity contribution >= 4 is 28.9 Å². The lowest BCUT2D eigenvalue weighted by Gasteiger charge is -2.44. The minimum atomic E-state index is -1.47. The van der Waals surface area contributed by atoms with Crippen molar-refractivity contribution in [1.82, 2.24) is 5.01 Å². The minimum absolute atomic E-state index is 0.190. The van der Waals surface area contributed by atoms with E-state index in [1.807, 2.05) is 48.5 Å². The van der Waals surface area contributed by atoms with Crippen LogP contribution in [0.2, 0.25) is 5.02 Å². The first-order valence-corrected chi connectivity index (χ1v) is 10.4. The summed E-state index contributed by atoms with van der Waals surface area (Å²) in [5, 5.41) is 10.2. The fraction of sp³-hybridized carbons (Fsp3) is 0.167. The zero-order valence-corrected chi connectivity index (χ0v) is 17.4. The number of hydrogen-bond acceptors (Lipinski definition) is 5. The van der Waals surface area contributed by atoms with Crippen LogP contribution >= 0.6 is 11.6 Å². The normalized spacial score (nSPS) is 22.9. The number of methoxy groups -OCH3 is 1. The van der Waals surface area contributed by atoms with E-state index in [0.29, 0.717) is 34.2 Å². The Morgan fingerprint density at radius 2 is 2.00 bits per heavy atom. The maximum atomic E-state index is 13.5. The average Bonchev–Trinajstić information content (AvgIpc) is 3.36. The molecule has 154 valence electrons. The number of carbonyl (C=O) groups excluding carboxylic acids is 1. The average molecular weight is 432 g/mol. The molecule has 0 aromatic heterocycles. The first-order chi connectivity index (χ1) is 15.1. The summed E-state index contributed by atoms with van der Waals surface area (Å²) in [5.74, 6) is 0.830. The second kappa shape index (κ2) is 6.49. The number of halogens is 1. The van der Waals surface area contributed by atoms with Crippen molar-refractivity contribution in [2.75, 3.05) is 12.4 Å². The second-order valence-corrected chi connectivity index (χ2v) is 8.18. The summed E-state index contributed by atoms with van der Waals surface area (Å²) in [4.78, 5) is 13.5. The van der Waals surface area contributed by atoms with Crippen LogP contribution in [0.1, 0.15) is 29.2 Å². The molecule has 6 rings (SSSR count). The molecular formula is C24H18ClN3O3. The molecule has 3 aliphatic heterocycles. The molecule has 3 aliphatic rings. The Hall–Kier alpha value is -3.51. The second-order valence-electron chi connectivity index (χ2n) is 7.75. The highest BCUT2D eigenvalue weighted by atomic mass is 35.5. The first-order valence-electron chi connectivity index (χ1n) is 10.0. The highest BCUT2D eigenvalue weighted by Crippen LogP contribution is 2.56. The van der Waals surface area contributed by atoms with Crippen molar-refractivity contribution in [3.63, 3.8) is 0 Å². The summed E-state index contributed by atoms with van der Waals surface area (Å²) in [6.07, 6.45) is 0.637. The van der Waals surface area contributed by atoms with E-state index in [1.165, 1.54) is 0 Å². The molecule has 0 bridgehead atoms. The molecule has 1 spiro atoms. The lowest BCUT2D eigenvalue weighted by molar-refractivity contribution is -0.161. The van der Waals surface area contributed by atoms with Crippen LogP contribution < -0.4 is 14.8 Å². The number of ether oxygens (including phenoxy) is 2. The van der Waals surface area contributed by atoms with E-state index < -0.39 is 5.72 Å². The monoisotopic (exact) mass is 431 g/mol. The summed E-state index contributed by atoms with van der Waals surface area (Å²) in [6, 6.07) is 20.9. The fourth-order valence-electron chi connectivity index (χ4n) is 4.67. The minimum Gasteiger partial charge on any atom is -0.493 e. The third-order valence-electron chi connectivity index (χ3n) is 6.08. The fourth-order valence-corrected chi connectivity index (χ4v) is 4.84. The van der Waals surface area contributed by atoms with Crippen molar-refractivity contribution < 1.29 is 14.3 Å². The number of hydrazone groups is 1. The molecule has 7 heteroatoms. The molecular weight excluding hydrogens is 414 g/mol. The SMILES string of the molecule is COc1cccc2c1O[C@@]1(C(=O)Nc3ccc(Cl)cc31)N1N=C(c3ccccc3)C[C@H]21. The van der Waals surface area contributed by atoms with Gasteiger partial charge in [-0.25, -0.2) is 5.01 Å².